The van der Waals surface area contributed by atoms with Crippen molar-refractivity contribution in [2.75, 3.05) is 12.4 Å². The summed E-state index contributed by atoms with van der Waals surface area (Å²) in [4.78, 5) is 12.5. The Kier molecular flexibility index (Phi) is 5.09. The van der Waals surface area contributed by atoms with E-state index in [2.05, 4.69) is 19.2 Å². The zero-order valence-electron chi connectivity index (χ0n) is 13.2. The number of amides is 1. The van der Waals surface area contributed by atoms with E-state index >= 15 is 0 Å². The van der Waals surface area contributed by atoms with Crippen LogP contribution in [0.3, 0.4) is 0 Å². The van der Waals surface area contributed by atoms with Crippen LogP contribution in [0.1, 0.15) is 41.3 Å². The van der Waals surface area contributed by atoms with Crippen LogP contribution in [0.4, 0.5) is 5.69 Å². The van der Waals surface area contributed by atoms with E-state index in [4.69, 9.17) is 16.3 Å². The molecule has 0 saturated carbocycles. The predicted molar refractivity (Wildman–Crippen MR) is 91.2 cm³/mol. The van der Waals surface area contributed by atoms with E-state index in [9.17, 15) is 4.79 Å². The standard InChI is InChI=1S/C18H20ClNO2/c1-11(2)15-10-16(12(3)9-17(15)22-4)18(21)20-14-7-5-13(19)6-8-14/h5-11H,1-4H3,(H,20,21). The monoisotopic (exact) mass is 317 g/mol. The van der Waals surface area contributed by atoms with Crippen LogP contribution in [-0.2, 0) is 0 Å². The fourth-order valence-corrected chi connectivity index (χ4v) is 2.43. The van der Waals surface area contributed by atoms with Crippen LogP contribution >= 0.6 is 11.6 Å². The predicted octanol–water partition coefficient (Wildman–Crippen LogP) is 5.03. The minimum atomic E-state index is -0.135. The Morgan fingerprint density at radius 2 is 1.82 bits per heavy atom. The molecule has 0 aliphatic rings. The van der Waals surface area contributed by atoms with E-state index in [1.54, 1.807) is 31.4 Å². The lowest BCUT2D eigenvalue weighted by atomic mass is 9.96. The smallest absolute Gasteiger partial charge is 0.255 e. The van der Waals surface area contributed by atoms with Crippen LogP contribution in [0.15, 0.2) is 36.4 Å². The fourth-order valence-electron chi connectivity index (χ4n) is 2.30. The number of benzene rings is 2. The van der Waals surface area contributed by atoms with Gasteiger partial charge in [-0.3, -0.25) is 4.79 Å². The van der Waals surface area contributed by atoms with Gasteiger partial charge in [0.1, 0.15) is 5.75 Å². The van der Waals surface area contributed by atoms with E-state index in [0.717, 1.165) is 22.6 Å². The van der Waals surface area contributed by atoms with E-state index in [1.165, 1.54) is 0 Å². The van der Waals surface area contributed by atoms with E-state index in [0.29, 0.717) is 10.6 Å². The normalized spacial score (nSPS) is 10.6. The van der Waals surface area contributed by atoms with Gasteiger partial charge in [-0.1, -0.05) is 25.4 Å². The molecule has 0 fully saturated rings. The van der Waals surface area contributed by atoms with Crippen LogP contribution in [-0.4, -0.2) is 13.0 Å². The molecule has 1 N–H and O–H groups in total. The molecule has 116 valence electrons. The second-order valence-corrected chi connectivity index (χ2v) is 5.96. The van der Waals surface area contributed by atoms with Crippen LogP contribution in [0.25, 0.3) is 0 Å². The number of methoxy groups -OCH3 is 1. The van der Waals surface area contributed by atoms with E-state index < -0.39 is 0 Å². The van der Waals surface area contributed by atoms with Crippen LogP contribution in [0, 0.1) is 6.92 Å². The first-order valence-corrected chi connectivity index (χ1v) is 7.55. The van der Waals surface area contributed by atoms with Crippen molar-refractivity contribution >= 4 is 23.2 Å². The number of carbonyl (C=O) groups is 1. The van der Waals surface area contributed by atoms with Crippen molar-refractivity contribution in [3.05, 3.63) is 58.1 Å². The number of hydrogen-bond donors (Lipinski definition) is 1. The number of nitrogens with one attached hydrogen (secondary N) is 1. The van der Waals surface area contributed by atoms with Gasteiger partial charge in [0.15, 0.2) is 0 Å². The summed E-state index contributed by atoms with van der Waals surface area (Å²) in [5.41, 5.74) is 3.28. The molecule has 1 amide bonds. The van der Waals surface area contributed by atoms with Gasteiger partial charge in [-0.25, -0.2) is 0 Å². The van der Waals surface area contributed by atoms with Gasteiger partial charge >= 0.3 is 0 Å². The summed E-state index contributed by atoms with van der Waals surface area (Å²) in [5.74, 6) is 0.956. The minimum absolute atomic E-state index is 0.135. The molecular formula is C18H20ClNO2. The summed E-state index contributed by atoms with van der Waals surface area (Å²) in [6.07, 6.45) is 0. The molecule has 0 saturated heterocycles. The maximum atomic E-state index is 12.5. The summed E-state index contributed by atoms with van der Waals surface area (Å²) in [6.45, 7) is 6.06. The number of anilines is 1. The van der Waals surface area contributed by atoms with Gasteiger partial charge in [-0.15, -0.1) is 0 Å². The molecule has 2 aromatic carbocycles. The highest BCUT2D eigenvalue weighted by atomic mass is 35.5. The first-order valence-electron chi connectivity index (χ1n) is 7.17. The van der Waals surface area contributed by atoms with Crippen molar-refractivity contribution < 1.29 is 9.53 Å². The fraction of sp³-hybridized carbons (Fsp3) is 0.278. The Morgan fingerprint density at radius 1 is 1.18 bits per heavy atom. The summed E-state index contributed by atoms with van der Waals surface area (Å²) in [5, 5.41) is 3.53. The quantitative estimate of drug-likeness (QED) is 0.858. The molecule has 0 aliphatic heterocycles. The van der Waals surface area contributed by atoms with Crippen molar-refractivity contribution in [2.24, 2.45) is 0 Å². The Morgan fingerprint density at radius 3 is 2.36 bits per heavy atom. The molecule has 0 unspecified atom stereocenters. The van der Waals surface area contributed by atoms with Crippen LogP contribution < -0.4 is 10.1 Å². The molecule has 0 heterocycles. The van der Waals surface area contributed by atoms with Gasteiger partial charge in [-0.05, 0) is 60.4 Å². The summed E-state index contributed by atoms with van der Waals surface area (Å²) in [7, 11) is 1.65. The summed E-state index contributed by atoms with van der Waals surface area (Å²) < 4.78 is 5.41. The molecule has 2 rings (SSSR count). The highest BCUT2D eigenvalue weighted by Crippen LogP contribution is 2.30. The molecule has 0 bridgehead atoms. The zero-order valence-corrected chi connectivity index (χ0v) is 14.0. The lowest BCUT2D eigenvalue weighted by molar-refractivity contribution is 0.102. The molecular weight excluding hydrogens is 298 g/mol. The third-order valence-corrected chi connectivity index (χ3v) is 3.80. The van der Waals surface area contributed by atoms with Gasteiger partial charge in [0.25, 0.3) is 5.91 Å². The second-order valence-electron chi connectivity index (χ2n) is 5.52. The third kappa shape index (κ3) is 3.60. The highest BCUT2D eigenvalue weighted by Gasteiger charge is 2.16. The number of hydrogen-bond acceptors (Lipinski definition) is 2. The highest BCUT2D eigenvalue weighted by molar-refractivity contribution is 6.30. The topological polar surface area (TPSA) is 38.3 Å². The number of aryl methyl sites for hydroxylation is 1. The maximum Gasteiger partial charge on any atom is 0.255 e. The molecule has 0 spiro atoms. The van der Waals surface area contributed by atoms with E-state index in [-0.39, 0.29) is 11.8 Å². The van der Waals surface area contributed by atoms with E-state index in [1.807, 2.05) is 19.1 Å². The molecule has 0 aliphatic carbocycles. The first kappa shape index (κ1) is 16.4. The lowest BCUT2D eigenvalue weighted by Gasteiger charge is -2.16. The summed E-state index contributed by atoms with van der Waals surface area (Å²) in [6, 6.07) is 10.9. The van der Waals surface area contributed by atoms with Crippen molar-refractivity contribution in [1.82, 2.24) is 0 Å². The number of ether oxygens (including phenoxy) is 1. The summed E-state index contributed by atoms with van der Waals surface area (Å²) >= 11 is 5.85. The zero-order chi connectivity index (χ0) is 16.3. The second kappa shape index (κ2) is 6.84. The number of carbonyl (C=O) groups excluding carboxylic acids is 1. The molecule has 4 heteroatoms. The Hall–Kier alpha value is -2.00. The average Bonchev–Trinajstić information content (AvgIpc) is 2.48. The Labute approximate surface area is 136 Å². The Bertz CT molecular complexity index is 678. The lowest BCUT2D eigenvalue weighted by Crippen LogP contribution is -2.14. The SMILES string of the molecule is COc1cc(C)c(C(=O)Nc2ccc(Cl)cc2)cc1C(C)C. The molecule has 0 atom stereocenters. The third-order valence-electron chi connectivity index (χ3n) is 3.55. The van der Waals surface area contributed by atoms with Crippen molar-refractivity contribution in [3.63, 3.8) is 0 Å². The van der Waals surface area contributed by atoms with Crippen molar-refractivity contribution in [3.8, 4) is 5.75 Å². The van der Waals surface area contributed by atoms with Crippen LogP contribution in [0.2, 0.25) is 5.02 Å². The molecule has 3 nitrogen and oxygen atoms in total. The van der Waals surface area contributed by atoms with Gasteiger partial charge in [-0.2, -0.15) is 0 Å². The largest absolute Gasteiger partial charge is 0.496 e. The molecule has 0 radical (unpaired) electrons. The van der Waals surface area contributed by atoms with Crippen LogP contribution in [0.5, 0.6) is 5.75 Å². The van der Waals surface area contributed by atoms with Crippen molar-refractivity contribution in [2.45, 2.75) is 26.7 Å². The van der Waals surface area contributed by atoms with Crippen molar-refractivity contribution in [1.29, 1.82) is 0 Å². The van der Waals surface area contributed by atoms with Gasteiger partial charge < -0.3 is 10.1 Å². The molecule has 22 heavy (non-hydrogen) atoms. The molecule has 0 aromatic heterocycles. The van der Waals surface area contributed by atoms with Gasteiger partial charge in [0.2, 0.25) is 0 Å². The van der Waals surface area contributed by atoms with Gasteiger partial charge in [0.05, 0.1) is 7.11 Å². The first-order chi connectivity index (χ1) is 10.4. The Balaban J connectivity index is 2.32. The maximum absolute atomic E-state index is 12.5. The molecule has 2 aromatic rings. The van der Waals surface area contributed by atoms with Gasteiger partial charge in [0, 0.05) is 16.3 Å². The number of halogens is 1. The minimum Gasteiger partial charge on any atom is -0.496 e. The number of rotatable bonds is 4. The average molecular weight is 318 g/mol.